The molecule has 0 saturated carbocycles. The van der Waals surface area contributed by atoms with Gasteiger partial charge in [0, 0.05) is 30.1 Å². The first kappa shape index (κ1) is 12.9. The Labute approximate surface area is 122 Å². The van der Waals surface area contributed by atoms with Gasteiger partial charge in [0.15, 0.2) is 0 Å². The van der Waals surface area contributed by atoms with E-state index in [-0.39, 0.29) is 0 Å². The number of nitrogens with zero attached hydrogens (tertiary/aromatic N) is 2. The predicted octanol–water partition coefficient (Wildman–Crippen LogP) is 4.02. The molecule has 0 amide bonds. The van der Waals surface area contributed by atoms with Crippen LogP contribution in [0.1, 0.15) is 16.8 Å². The van der Waals surface area contributed by atoms with Crippen molar-refractivity contribution in [2.24, 2.45) is 0 Å². The van der Waals surface area contributed by atoms with Gasteiger partial charge in [-0.15, -0.1) is 0 Å². The highest BCUT2D eigenvalue weighted by molar-refractivity contribution is 6.33. The number of benzene rings is 1. The van der Waals surface area contributed by atoms with Crippen molar-refractivity contribution < 1.29 is 0 Å². The normalized spacial score (nSPS) is 10.7. The van der Waals surface area contributed by atoms with Crippen molar-refractivity contribution >= 4 is 11.6 Å². The number of rotatable bonds is 3. The fourth-order valence-corrected chi connectivity index (χ4v) is 2.43. The Bertz CT molecular complexity index is 734. The SMILES string of the molecule is Cc1cccc(Cc2cc(-c3ccncc3Cl)n[nH]2)c1. The first-order valence-corrected chi connectivity index (χ1v) is 6.80. The summed E-state index contributed by atoms with van der Waals surface area (Å²) in [7, 11) is 0. The molecule has 0 spiro atoms. The number of pyridine rings is 1. The summed E-state index contributed by atoms with van der Waals surface area (Å²) in [5.74, 6) is 0. The zero-order valence-electron chi connectivity index (χ0n) is 11.1. The zero-order valence-corrected chi connectivity index (χ0v) is 11.9. The lowest BCUT2D eigenvalue weighted by atomic mass is 10.1. The van der Waals surface area contributed by atoms with Gasteiger partial charge in [-0.05, 0) is 24.6 Å². The maximum absolute atomic E-state index is 6.13. The van der Waals surface area contributed by atoms with Gasteiger partial charge in [-0.25, -0.2) is 0 Å². The third-order valence-corrected chi connectivity index (χ3v) is 3.46. The maximum Gasteiger partial charge on any atom is 0.0939 e. The first-order valence-electron chi connectivity index (χ1n) is 6.42. The van der Waals surface area contributed by atoms with Crippen molar-refractivity contribution in [2.75, 3.05) is 0 Å². The molecule has 0 radical (unpaired) electrons. The monoisotopic (exact) mass is 283 g/mol. The van der Waals surface area contributed by atoms with Gasteiger partial charge in [0.05, 0.1) is 10.7 Å². The van der Waals surface area contributed by atoms with Crippen LogP contribution >= 0.6 is 11.6 Å². The molecule has 0 unspecified atom stereocenters. The molecule has 0 saturated heterocycles. The zero-order chi connectivity index (χ0) is 13.9. The second kappa shape index (κ2) is 5.47. The van der Waals surface area contributed by atoms with Crippen molar-refractivity contribution in [3.8, 4) is 11.3 Å². The number of aromatic amines is 1. The van der Waals surface area contributed by atoms with Crippen molar-refractivity contribution in [3.05, 3.63) is 70.6 Å². The molecular formula is C16H14ClN3. The van der Waals surface area contributed by atoms with Gasteiger partial charge < -0.3 is 0 Å². The van der Waals surface area contributed by atoms with Crippen molar-refractivity contribution in [3.63, 3.8) is 0 Å². The third kappa shape index (κ3) is 2.73. The van der Waals surface area contributed by atoms with Gasteiger partial charge >= 0.3 is 0 Å². The molecule has 0 aliphatic rings. The fourth-order valence-electron chi connectivity index (χ4n) is 2.22. The second-order valence-corrected chi connectivity index (χ2v) is 5.21. The summed E-state index contributed by atoms with van der Waals surface area (Å²) in [6, 6.07) is 12.4. The summed E-state index contributed by atoms with van der Waals surface area (Å²) in [6.07, 6.45) is 4.18. The molecule has 4 heteroatoms. The van der Waals surface area contributed by atoms with Gasteiger partial charge in [-0.3, -0.25) is 10.1 Å². The minimum Gasteiger partial charge on any atom is -0.282 e. The Morgan fingerprint density at radius 1 is 1.20 bits per heavy atom. The van der Waals surface area contributed by atoms with E-state index in [2.05, 4.69) is 46.4 Å². The Kier molecular flexibility index (Phi) is 3.52. The van der Waals surface area contributed by atoms with Crippen LogP contribution in [0.25, 0.3) is 11.3 Å². The number of nitrogens with one attached hydrogen (secondary N) is 1. The second-order valence-electron chi connectivity index (χ2n) is 4.80. The van der Waals surface area contributed by atoms with E-state index in [1.807, 2.05) is 12.1 Å². The van der Waals surface area contributed by atoms with E-state index >= 15 is 0 Å². The summed E-state index contributed by atoms with van der Waals surface area (Å²) in [5, 5.41) is 8.01. The fraction of sp³-hybridized carbons (Fsp3) is 0.125. The van der Waals surface area contributed by atoms with Crippen molar-refractivity contribution in [1.82, 2.24) is 15.2 Å². The number of H-pyrrole nitrogens is 1. The highest BCUT2D eigenvalue weighted by Gasteiger charge is 2.08. The van der Waals surface area contributed by atoms with Gasteiger partial charge in [-0.1, -0.05) is 41.4 Å². The Morgan fingerprint density at radius 3 is 2.90 bits per heavy atom. The van der Waals surface area contributed by atoms with Gasteiger partial charge in [0.1, 0.15) is 0 Å². The number of hydrogen-bond acceptors (Lipinski definition) is 2. The summed E-state index contributed by atoms with van der Waals surface area (Å²) < 4.78 is 0. The molecular weight excluding hydrogens is 270 g/mol. The molecule has 1 N–H and O–H groups in total. The third-order valence-electron chi connectivity index (χ3n) is 3.16. The molecule has 20 heavy (non-hydrogen) atoms. The van der Waals surface area contributed by atoms with Gasteiger partial charge in [0.25, 0.3) is 0 Å². The summed E-state index contributed by atoms with van der Waals surface area (Å²) in [6.45, 7) is 2.10. The lowest BCUT2D eigenvalue weighted by Gasteiger charge is -2.00. The van der Waals surface area contributed by atoms with Crippen LogP contribution in [0.4, 0.5) is 0 Å². The van der Waals surface area contributed by atoms with Crippen LogP contribution in [0.5, 0.6) is 0 Å². The lowest BCUT2D eigenvalue weighted by Crippen LogP contribution is -1.88. The Balaban J connectivity index is 1.86. The molecule has 3 nitrogen and oxygen atoms in total. The topological polar surface area (TPSA) is 41.6 Å². The molecule has 2 heterocycles. The average molecular weight is 284 g/mol. The smallest absolute Gasteiger partial charge is 0.0939 e. The van der Waals surface area contributed by atoms with E-state index in [9.17, 15) is 0 Å². The molecule has 2 aromatic heterocycles. The van der Waals surface area contributed by atoms with Crippen molar-refractivity contribution in [1.29, 1.82) is 0 Å². The van der Waals surface area contributed by atoms with Crippen LogP contribution < -0.4 is 0 Å². The average Bonchev–Trinajstić information content (AvgIpc) is 2.87. The lowest BCUT2D eigenvalue weighted by molar-refractivity contribution is 0.997. The molecule has 0 aliphatic carbocycles. The molecule has 3 rings (SSSR count). The molecule has 0 atom stereocenters. The number of aromatic nitrogens is 3. The molecule has 0 fully saturated rings. The van der Waals surface area contributed by atoms with E-state index in [1.165, 1.54) is 11.1 Å². The van der Waals surface area contributed by atoms with Crippen LogP contribution in [0, 0.1) is 6.92 Å². The van der Waals surface area contributed by atoms with E-state index in [0.717, 1.165) is 23.4 Å². The van der Waals surface area contributed by atoms with Crippen molar-refractivity contribution in [2.45, 2.75) is 13.3 Å². The molecule has 3 aromatic rings. The van der Waals surface area contributed by atoms with E-state index in [4.69, 9.17) is 11.6 Å². The summed E-state index contributed by atoms with van der Waals surface area (Å²) in [4.78, 5) is 3.98. The first-order chi connectivity index (χ1) is 9.72. The van der Waals surface area contributed by atoms with E-state index in [1.54, 1.807) is 12.4 Å². The van der Waals surface area contributed by atoms with Gasteiger partial charge in [0.2, 0.25) is 0 Å². The molecule has 100 valence electrons. The van der Waals surface area contributed by atoms with E-state index in [0.29, 0.717) is 5.02 Å². The highest BCUT2D eigenvalue weighted by Crippen LogP contribution is 2.25. The summed E-state index contributed by atoms with van der Waals surface area (Å²) >= 11 is 6.13. The highest BCUT2D eigenvalue weighted by atomic mass is 35.5. The minimum absolute atomic E-state index is 0.612. The van der Waals surface area contributed by atoms with E-state index < -0.39 is 0 Å². The number of aryl methyl sites for hydroxylation is 1. The minimum atomic E-state index is 0.612. The van der Waals surface area contributed by atoms with Crippen LogP contribution in [-0.4, -0.2) is 15.2 Å². The van der Waals surface area contributed by atoms with Crippen LogP contribution in [0.2, 0.25) is 5.02 Å². The van der Waals surface area contributed by atoms with Crippen LogP contribution in [-0.2, 0) is 6.42 Å². The Morgan fingerprint density at radius 2 is 2.10 bits per heavy atom. The summed E-state index contributed by atoms with van der Waals surface area (Å²) in [5.41, 5.74) is 5.34. The standard InChI is InChI=1S/C16H14ClN3/c1-11-3-2-4-12(7-11)8-13-9-16(20-19-13)14-5-6-18-10-15(14)17/h2-7,9-10H,8H2,1H3,(H,19,20). The number of hydrogen-bond donors (Lipinski definition) is 1. The van der Waals surface area contributed by atoms with Gasteiger partial charge in [-0.2, -0.15) is 5.10 Å². The Hall–Kier alpha value is -2.13. The molecule has 0 aliphatic heterocycles. The molecule has 0 bridgehead atoms. The van der Waals surface area contributed by atoms with Crippen LogP contribution in [0.3, 0.4) is 0 Å². The quantitative estimate of drug-likeness (QED) is 0.789. The largest absolute Gasteiger partial charge is 0.282 e. The number of halogens is 1. The maximum atomic E-state index is 6.13. The predicted molar refractivity (Wildman–Crippen MR) is 80.8 cm³/mol. The van der Waals surface area contributed by atoms with Crippen LogP contribution in [0.15, 0.2) is 48.8 Å². The molecule has 1 aromatic carbocycles.